The molecule has 0 radical (unpaired) electrons. The number of imidazole rings is 1. The maximum Gasteiger partial charge on any atom is 0.257 e. The Bertz CT molecular complexity index is 1890. The first-order chi connectivity index (χ1) is 25.8. The van der Waals surface area contributed by atoms with Crippen LogP contribution < -0.4 is 9.64 Å². The van der Waals surface area contributed by atoms with E-state index < -0.39 is 0 Å². The van der Waals surface area contributed by atoms with Crippen LogP contribution in [-0.4, -0.2) is 138 Å². The smallest absolute Gasteiger partial charge is 0.257 e. The molecular formula is C40H54N10O3. The molecule has 2 saturated heterocycles. The van der Waals surface area contributed by atoms with Gasteiger partial charge in [-0.05, 0) is 107 Å². The molecule has 0 spiro atoms. The molecule has 1 unspecified atom stereocenters. The first-order valence-electron chi connectivity index (χ1n) is 18.7. The van der Waals surface area contributed by atoms with Gasteiger partial charge >= 0.3 is 0 Å². The molecule has 0 N–H and O–H groups in total. The van der Waals surface area contributed by atoms with E-state index in [0.717, 1.165) is 75.5 Å². The lowest BCUT2D eigenvalue weighted by atomic mass is 9.76. The van der Waals surface area contributed by atoms with Crippen molar-refractivity contribution in [3.8, 4) is 11.4 Å². The zero-order valence-electron chi connectivity index (χ0n) is 31.9. The Morgan fingerprint density at radius 3 is 2.47 bits per heavy atom. The van der Waals surface area contributed by atoms with Gasteiger partial charge in [-0.15, -0.1) is 5.10 Å². The number of hydrogen-bond acceptors (Lipinski definition) is 10. The molecule has 2 aliphatic rings. The number of hydrogen-bond donors (Lipinski definition) is 0. The normalized spacial score (nSPS) is 17.9. The van der Waals surface area contributed by atoms with E-state index in [9.17, 15) is 4.79 Å². The summed E-state index contributed by atoms with van der Waals surface area (Å²) < 4.78 is 15.2. The van der Waals surface area contributed by atoms with Crippen molar-refractivity contribution in [3.05, 3.63) is 90.3 Å². The molecule has 2 aliphatic heterocycles. The summed E-state index contributed by atoms with van der Waals surface area (Å²) in [6.45, 7) is 10.4. The predicted molar refractivity (Wildman–Crippen MR) is 208 cm³/mol. The number of ether oxygens (including phenoxy) is 2. The fourth-order valence-corrected chi connectivity index (χ4v) is 7.47. The fraction of sp³-hybridized carbons (Fsp3) is 0.475. The van der Waals surface area contributed by atoms with Crippen LogP contribution in [-0.2, 0) is 16.7 Å². The summed E-state index contributed by atoms with van der Waals surface area (Å²) in [7, 11) is 7.60. The molecule has 0 saturated carbocycles. The molecule has 1 amide bonds. The standard InChI is InChI=1S/C37H45N9O3.C3H9N/c1-3-49-25-24-45-33-13-8-7-12-32(33)39-36(45)43-19-9-18-42(22-23-43)20-16-37(29-10-5-4-6-11-29)17-21-44(27-37)35(47)31-26-30(14-15-34(31)48-2)46-28-38-40-41-46;1-4(2)3/h4-8,10-15,26,28H,3,9,16-25,27H2,1-2H3;1-3H3. The summed E-state index contributed by atoms with van der Waals surface area (Å²) in [5.41, 5.74) is 4.56. The van der Waals surface area contributed by atoms with E-state index in [1.54, 1.807) is 17.9 Å². The van der Waals surface area contributed by atoms with Gasteiger partial charge in [-0.1, -0.05) is 42.5 Å². The second-order valence-electron chi connectivity index (χ2n) is 14.3. The van der Waals surface area contributed by atoms with E-state index in [0.29, 0.717) is 43.3 Å². The van der Waals surface area contributed by atoms with E-state index in [1.807, 2.05) is 50.0 Å². The molecule has 4 heterocycles. The molecule has 2 fully saturated rings. The number of rotatable bonds is 12. The van der Waals surface area contributed by atoms with Crippen LogP contribution in [0.3, 0.4) is 0 Å². The molecule has 0 bridgehead atoms. The molecule has 13 heteroatoms. The number of fused-ring (bicyclic) bond motifs is 1. The second-order valence-corrected chi connectivity index (χ2v) is 14.3. The first-order valence-corrected chi connectivity index (χ1v) is 18.7. The van der Waals surface area contributed by atoms with Crippen LogP contribution in [0.25, 0.3) is 16.7 Å². The summed E-state index contributed by atoms with van der Waals surface area (Å²) in [6.07, 6.45) is 4.46. The number of carbonyl (C=O) groups is 1. The number of benzene rings is 3. The largest absolute Gasteiger partial charge is 0.496 e. The highest BCUT2D eigenvalue weighted by Gasteiger charge is 2.42. The predicted octanol–water partition coefficient (Wildman–Crippen LogP) is 4.62. The molecule has 13 nitrogen and oxygen atoms in total. The lowest BCUT2D eigenvalue weighted by Gasteiger charge is -2.33. The topological polar surface area (TPSA) is 110 Å². The zero-order chi connectivity index (χ0) is 37.2. The minimum Gasteiger partial charge on any atom is -0.496 e. The summed E-state index contributed by atoms with van der Waals surface area (Å²) in [6, 6.07) is 24.6. The number of anilines is 1. The maximum absolute atomic E-state index is 14.1. The van der Waals surface area contributed by atoms with Gasteiger partial charge < -0.3 is 33.6 Å². The minimum atomic E-state index is -0.142. The quantitative estimate of drug-likeness (QED) is 0.169. The number of aromatic nitrogens is 6. The number of methoxy groups -OCH3 is 1. The lowest BCUT2D eigenvalue weighted by molar-refractivity contribution is 0.0777. The maximum atomic E-state index is 14.1. The Kier molecular flexibility index (Phi) is 12.7. The lowest BCUT2D eigenvalue weighted by Crippen LogP contribution is -2.39. The van der Waals surface area contributed by atoms with E-state index >= 15 is 0 Å². The Morgan fingerprint density at radius 1 is 0.925 bits per heavy atom. The van der Waals surface area contributed by atoms with E-state index in [1.165, 1.54) is 11.9 Å². The summed E-state index contributed by atoms with van der Waals surface area (Å²) in [5, 5.41) is 11.5. The number of amides is 1. The van der Waals surface area contributed by atoms with Crippen molar-refractivity contribution in [2.45, 2.75) is 38.1 Å². The van der Waals surface area contributed by atoms with Crippen molar-refractivity contribution in [1.29, 1.82) is 0 Å². The Labute approximate surface area is 313 Å². The van der Waals surface area contributed by atoms with Crippen molar-refractivity contribution >= 4 is 22.9 Å². The monoisotopic (exact) mass is 722 g/mol. The highest BCUT2D eigenvalue weighted by atomic mass is 16.5. The van der Waals surface area contributed by atoms with Gasteiger partial charge in [0, 0.05) is 51.3 Å². The van der Waals surface area contributed by atoms with Gasteiger partial charge in [0.2, 0.25) is 5.95 Å². The third-order valence-electron chi connectivity index (χ3n) is 10.1. The fourth-order valence-electron chi connectivity index (χ4n) is 7.47. The van der Waals surface area contributed by atoms with Crippen molar-refractivity contribution < 1.29 is 14.3 Å². The summed E-state index contributed by atoms with van der Waals surface area (Å²) >= 11 is 0. The van der Waals surface area contributed by atoms with Crippen LogP contribution >= 0.6 is 0 Å². The van der Waals surface area contributed by atoms with Crippen molar-refractivity contribution in [1.82, 2.24) is 44.5 Å². The van der Waals surface area contributed by atoms with Gasteiger partial charge in [0.05, 0.1) is 36.0 Å². The Balaban J connectivity index is 0.00000114. The van der Waals surface area contributed by atoms with Gasteiger partial charge in [-0.3, -0.25) is 4.79 Å². The number of likely N-dealkylation sites (tertiary alicyclic amines) is 1. The molecule has 0 aliphatic carbocycles. The van der Waals surface area contributed by atoms with E-state index in [4.69, 9.17) is 14.5 Å². The van der Waals surface area contributed by atoms with Crippen LogP contribution in [0.2, 0.25) is 0 Å². The molecule has 7 rings (SSSR count). The number of tetrazole rings is 1. The van der Waals surface area contributed by atoms with Crippen molar-refractivity contribution in [2.24, 2.45) is 0 Å². The van der Waals surface area contributed by atoms with E-state index in [2.05, 4.69) is 84.5 Å². The highest BCUT2D eigenvalue weighted by Crippen LogP contribution is 2.39. The molecule has 5 aromatic rings. The van der Waals surface area contributed by atoms with Crippen LogP contribution in [0.15, 0.2) is 79.1 Å². The third-order valence-corrected chi connectivity index (χ3v) is 10.1. The van der Waals surface area contributed by atoms with Crippen LogP contribution in [0.4, 0.5) is 5.95 Å². The molecule has 2 aromatic heterocycles. The molecule has 53 heavy (non-hydrogen) atoms. The number of para-hydroxylation sites is 2. The third kappa shape index (κ3) is 9.03. The second kappa shape index (κ2) is 17.8. The van der Waals surface area contributed by atoms with E-state index in [-0.39, 0.29) is 11.3 Å². The molecule has 3 aromatic carbocycles. The van der Waals surface area contributed by atoms with Gasteiger partial charge in [0.15, 0.2) is 0 Å². The number of carbonyl (C=O) groups excluding carboxylic acids is 1. The minimum absolute atomic E-state index is 0.0396. The summed E-state index contributed by atoms with van der Waals surface area (Å²) in [4.78, 5) is 28.2. The molecule has 282 valence electrons. The Hall–Kier alpha value is -4.85. The SMILES string of the molecule is CCOCCn1c(N2CCCN(CCC3(c4ccccc4)CCN(C(=O)c4cc(-n5cnnn5)ccc4OC)C3)CC2)nc2ccccc21.CN(C)C. The number of nitrogens with zero attached hydrogens (tertiary/aromatic N) is 10. The van der Waals surface area contributed by atoms with Crippen LogP contribution in [0.1, 0.15) is 42.1 Å². The van der Waals surface area contributed by atoms with Crippen LogP contribution in [0, 0.1) is 0 Å². The molecule has 1 atom stereocenters. The zero-order valence-corrected chi connectivity index (χ0v) is 31.9. The van der Waals surface area contributed by atoms with Crippen molar-refractivity contribution in [3.63, 3.8) is 0 Å². The van der Waals surface area contributed by atoms with Gasteiger partial charge in [-0.25, -0.2) is 9.67 Å². The average Bonchev–Trinajstić information content (AvgIpc) is 3.91. The van der Waals surface area contributed by atoms with Crippen LogP contribution in [0.5, 0.6) is 5.75 Å². The Morgan fingerprint density at radius 2 is 1.72 bits per heavy atom. The van der Waals surface area contributed by atoms with Crippen molar-refractivity contribution in [2.75, 3.05) is 92.2 Å². The summed E-state index contributed by atoms with van der Waals surface area (Å²) in [5.74, 6) is 1.54. The highest BCUT2D eigenvalue weighted by molar-refractivity contribution is 5.98. The van der Waals surface area contributed by atoms with Gasteiger partial charge in [0.25, 0.3) is 5.91 Å². The molecular weight excluding hydrogens is 669 g/mol. The first kappa shape index (κ1) is 37.9. The van der Waals surface area contributed by atoms with Gasteiger partial charge in [0.1, 0.15) is 12.1 Å². The average molecular weight is 723 g/mol. The van der Waals surface area contributed by atoms with Gasteiger partial charge in [-0.2, -0.15) is 0 Å².